The highest BCUT2D eigenvalue weighted by molar-refractivity contribution is 5.47. The maximum absolute atomic E-state index is 6.68. The molecule has 0 radical (unpaired) electrons. The second-order valence-corrected chi connectivity index (χ2v) is 5.18. The van der Waals surface area contributed by atoms with Gasteiger partial charge in [-0.3, -0.25) is 0 Å². The van der Waals surface area contributed by atoms with Crippen LogP contribution in [0.5, 0.6) is 0 Å². The first-order valence-electron chi connectivity index (χ1n) is 6.71. The van der Waals surface area contributed by atoms with E-state index in [0.29, 0.717) is 0 Å². The van der Waals surface area contributed by atoms with Gasteiger partial charge in [-0.05, 0) is 41.5 Å². The molecular weight excluding hydrogens is 218 g/mol. The Morgan fingerprint density at radius 1 is 1.06 bits per heavy atom. The van der Waals surface area contributed by atoms with Crippen LogP contribution in [0.4, 0.5) is 0 Å². The van der Waals surface area contributed by atoms with Gasteiger partial charge in [0, 0.05) is 0 Å². The first-order chi connectivity index (χ1) is 8.74. The molecule has 1 unspecified atom stereocenters. The van der Waals surface area contributed by atoms with Crippen LogP contribution in [-0.4, -0.2) is 0 Å². The van der Waals surface area contributed by atoms with Crippen LogP contribution in [-0.2, 0) is 18.4 Å². The van der Waals surface area contributed by atoms with Crippen LogP contribution >= 0.6 is 0 Å². The normalized spacial score (nSPS) is 21.9. The lowest BCUT2D eigenvalue weighted by atomic mass is 9.85. The molecule has 2 aromatic carbocycles. The predicted molar refractivity (Wildman–Crippen MR) is 75.6 cm³/mol. The third-order valence-corrected chi connectivity index (χ3v) is 4.16. The van der Waals surface area contributed by atoms with Crippen LogP contribution in [0.15, 0.2) is 48.5 Å². The summed E-state index contributed by atoms with van der Waals surface area (Å²) in [5.41, 5.74) is 11.7. The van der Waals surface area contributed by atoms with Crippen molar-refractivity contribution < 1.29 is 0 Å². The molecule has 2 aromatic rings. The molecule has 1 atom stereocenters. The van der Waals surface area contributed by atoms with Crippen LogP contribution in [0.1, 0.15) is 35.6 Å². The maximum atomic E-state index is 6.68. The zero-order chi connectivity index (χ0) is 12.6. The van der Waals surface area contributed by atoms with Gasteiger partial charge in [0.1, 0.15) is 0 Å². The summed E-state index contributed by atoms with van der Waals surface area (Å²) < 4.78 is 0. The third kappa shape index (κ3) is 1.67. The summed E-state index contributed by atoms with van der Waals surface area (Å²) in [7, 11) is 0. The Morgan fingerprint density at radius 2 is 1.78 bits per heavy atom. The molecule has 0 heterocycles. The Labute approximate surface area is 109 Å². The SMILES string of the molecule is CCc1ccc(C2(N)CCc3ccccc32)cc1. The summed E-state index contributed by atoms with van der Waals surface area (Å²) in [5, 5.41) is 0. The second kappa shape index (κ2) is 4.25. The monoisotopic (exact) mass is 237 g/mol. The Kier molecular flexibility index (Phi) is 2.71. The standard InChI is InChI=1S/C17H19N/c1-2-13-7-9-15(10-8-13)17(18)12-11-14-5-3-4-6-16(14)17/h3-10H,2,11-12,18H2,1H3. The molecule has 92 valence electrons. The fourth-order valence-electron chi connectivity index (χ4n) is 2.98. The van der Waals surface area contributed by atoms with Crippen LogP contribution in [0, 0.1) is 0 Å². The fraction of sp³-hybridized carbons (Fsp3) is 0.294. The molecule has 0 fully saturated rings. The molecule has 1 nitrogen and oxygen atoms in total. The predicted octanol–water partition coefficient (Wildman–Crippen LogP) is 3.40. The van der Waals surface area contributed by atoms with E-state index in [1.54, 1.807) is 0 Å². The van der Waals surface area contributed by atoms with E-state index >= 15 is 0 Å². The lowest BCUT2D eigenvalue weighted by Crippen LogP contribution is -2.35. The summed E-state index contributed by atoms with van der Waals surface area (Å²) in [5.74, 6) is 0. The lowest BCUT2D eigenvalue weighted by molar-refractivity contribution is 0.535. The van der Waals surface area contributed by atoms with Gasteiger partial charge < -0.3 is 5.73 Å². The number of nitrogens with two attached hydrogens (primary N) is 1. The van der Waals surface area contributed by atoms with Crippen LogP contribution < -0.4 is 5.73 Å². The first kappa shape index (κ1) is 11.5. The Bertz CT molecular complexity index is 556. The van der Waals surface area contributed by atoms with Gasteiger partial charge in [-0.1, -0.05) is 55.5 Å². The van der Waals surface area contributed by atoms with E-state index in [0.717, 1.165) is 19.3 Å². The summed E-state index contributed by atoms with van der Waals surface area (Å²) in [6, 6.07) is 17.4. The highest BCUT2D eigenvalue weighted by Gasteiger charge is 2.35. The summed E-state index contributed by atoms with van der Waals surface area (Å²) >= 11 is 0. The molecule has 1 heteroatoms. The largest absolute Gasteiger partial charge is 0.318 e. The Balaban J connectivity index is 2.05. The minimum atomic E-state index is -0.289. The number of hydrogen-bond donors (Lipinski definition) is 1. The van der Waals surface area contributed by atoms with Gasteiger partial charge in [-0.15, -0.1) is 0 Å². The van der Waals surface area contributed by atoms with Gasteiger partial charge in [-0.25, -0.2) is 0 Å². The zero-order valence-electron chi connectivity index (χ0n) is 10.8. The molecule has 1 aliphatic carbocycles. The zero-order valence-corrected chi connectivity index (χ0v) is 10.8. The first-order valence-corrected chi connectivity index (χ1v) is 6.71. The number of fused-ring (bicyclic) bond motifs is 1. The minimum absolute atomic E-state index is 0.289. The van der Waals surface area contributed by atoms with Crippen LogP contribution in [0.3, 0.4) is 0 Å². The maximum Gasteiger partial charge on any atom is 0.0671 e. The van der Waals surface area contributed by atoms with Crippen LogP contribution in [0.2, 0.25) is 0 Å². The number of benzene rings is 2. The van der Waals surface area contributed by atoms with E-state index in [4.69, 9.17) is 5.73 Å². The fourth-order valence-corrected chi connectivity index (χ4v) is 2.98. The average Bonchev–Trinajstić information content (AvgIpc) is 2.78. The average molecular weight is 237 g/mol. The van der Waals surface area contributed by atoms with E-state index in [2.05, 4.69) is 55.5 Å². The van der Waals surface area contributed by atoms with Crippen molar-refractivity contribution in [3.8, 4) is 0 Å². The number of rotatable bonds is 2. The van der Waals surface area contributed by atoms with E-state index in [1.165, 1.54) is 22.3 Å². The van der Waals surface area contributed by atoms with Crippen molar-refractivity contribution in [3.63, 3.8) is 0 Å². The van der Waals surface area contributed by atoms with Crippen molar-refractivity contribution in [1.82, 2.24) is 0 Å². The third-order valence-electron chi connectivity index (χ3n) is 4.16. The van der Waals surface area contributed by atoms with Gasteiger partial charge in [0.05, 0.1) is 5.54 Å². The molecule has 0 aromatic heterocycles. The number of aryl methyl sites for hydroxylation is 2. The Morgan fingerprint density at radius 3 is 2.50 bits per heavy atom. The van der Waals surface area contributed by atoms with Gasteiger partial charge >= 0.3 is 0 Å². The van der Waals surface area contributed by atoms with E-state index in [9.17, 15) is 0 Å². The second-order valence-electron chi connectivity index (χ2n) is 5.18. The Hall–Kier alpha value is -1.60. The molecule has 0 aliphatic heterocycles. The van der Waals surface area contributed by atoms with Crippen molar-refractivity contribution in [2.75, 3.05) is 0 Å². The van der Waals surface area contributed by atoms with E-state index in [-0.39, 0.29) is 5.54 Å². The topological polar surface area (TPSA) is 26.0 Å². The molecule has 0 spiro atoms. The molecule has 0 amide bonds. The van der Waals surface area contributed by atoms with Crippen LogP contribution in [0.25, 0.3) is 0 Å². The van der Waals surface area contributed by atoms with E-state index in [1.807, 2.05) is 0 Å². The quantitative estimate of drug-likeness (QED) is 0.851. The van der Waals surface area contributed by atoms with Crippen molar-refractivity contribution in [2.45, 2.75) is 31.7 Å². The molecular formula is C17H19N. The van der Waals surface area contributed by atoms with E-state index < -0.39 is 0 Å². The van der Waals surface area contributed by atoms with Gasteiger partial charge in [0.15, 0.2) is 0 Å². The van der Waals surface area contributed by atoms with Gasteiger partial charge in [-0.2, -0.15) is 0 Å². The lowest BCUT2D eigenvalue weighted by Gasteiger charge is -2.26. The molecule has 1 aliphatic rings. The molecule has 0 bridgehead atoms. The highest BCUT2D eigenvalue weighted by atomic mass is 14.8. The highest BCUT2D eigenvalue weighted by Crippen LogP contribution is 2.39. The van der Waals surface area contributed by atoms with Crippen molar-refractivity contribution in [3.05, 3.63) is 70.8 Å². The van der Waals surface area contributed by atoms with Crippen molar-refractivity contribution in [1.29, 1.82) is 0 Å². The number of hydrogen-bond acceptors (Lipinski definition) is 1. The smallest absolute Gasteiger partial charge is 0.0671 e. The molecule has 18 heavy (non-hydrogen) atoms. The van der Waals surface area contributed by atoms with Crippen molar-refractivity contribution >= 4 is 0 Å². The van der Waals surface area contributed by atoms with Gasteiger partial charge in [0.25, 0.3) is 0 Å². The van der Waals surface area contributed by atoms with Crippen molar-refractivity contribution in [2.24, 2.45) is 5.73 Å². The molecule has 0 saturated heterocycles. The minimum Gasteiger partial charge on any atom is -0.318 e. The van der Waals surface area contributed by atoms with Gasteiger partial charge in [0.2, 0.25) is 0 Å². The summed E-state index contributed by atoms with van der Waals surface area (Å²) in [6.07, 6.45) is 3.18. The summed E-state index contributed by atoms with van der Waals surface area (Å²) in [4.78, 5) is 0. The summed E-state index contributed by atoms with van der Waals surface area (Å²) in [6.45, 7) is 2.18. The molecule has 3 rings (SSSR count). The molecule has 0 saturated carbocycles. The molecule has 2 N–H and O–H groups in total.